The van der Waals surface area contributed by atoms with Gasteiger partial charge in [-0.1, -0.05) is 18.2 Å². The van der Waals surface area contributed by atoms with E-state index in [1.165, 1.54) is 12.1 Å². The van der Waals surface area contributed by atoms with E-state index in [1.807, 2.05) is 30.3 Å². The van der Waals surface area contributed by atoms with E-state index in [-0.39, 0.29) is 17.2 Å². The van der Waals surface area contributed by atoms with Crippen LogP contribution in [0.4, 0.5) is 11.4 Å². The number of benzene rings is 2. The molecular weight excluding hydrogens is 354 g/mol. The Kier molecular flexibility index (Phi) is 6.59. The minimum absolute atomic E-state index is 0.0502. The highest BCUT2D eigenvalue weighted by atomic mass is 32.2. The van der Waals surface area contributed by atoms with Gasteiger partial charge in [-0.2, -0.15) is 0 Å². The van der Waals surface area contributed by atoms with Crippen molar-refractivity contribution < 1.29 is 17.9 Å². The van der Waals surface area contributed by atoms with Crippen LogP contribution in [0.5, 0.6) is 5.75 Å². The molecule has 0 atom stereocenters. The van der Waals surface area contributed by atoms with Gasteiger partial charge in [0, 0.05) is 20.5 Å². The van der Waals surface area contributed by atoms with Crippen molar-refractivity contribution in [3.63, 3.8) is 0 Å². The maximum atomic E-state index is 12.2. The van der Waals surface area contributed by atoms with Gasteiger partial charge in [0.05, 0.1) is 22.9 Å². The number of hydrogen-bond acceptors (Lipinski definition) is 5. The largest absolute Gasteiger partial charge is 0.494 e. The Labute approximate surface area is 153 Å². The van der Waals surface area contributed by atoms with E-state index in [0.717, 1.165) is 5.75 Å². The summed E-state index contributed by atoms with van der Waals surface area (Å²) in [7, 11) is -0.243. The zero-order valence-corrected chi connectivity index (χ0v) is 15.6. The van der Waals surface area contributed by atoms with E-state index in [9.17, 15) is 13.2 Å². The molecule has 2 aromatic rings. The van der Waals surface area contributed by atoms with Gasteiger partial charge in [-0.3, -0.25) is 4.79 Å². The highest BCUT2D eigenvalue weighted by Gasteiger charge is 2.14. The second-order valence-corrected chi connectivity index (χ2v) is 7.49. The Hall–Kier alpha value is -2.58. The third kappa shape index (κ3) is 5.75. The summed E-state index contributed by atoms with van der Waals surface area (Å²) in [4.78, 5) is 13.9. The molecule has 2 rings (SSSR count). The molecule has 2 aromatic carbocycles. The molecule has 0 aromatic heterocycles. The third-order valence-corrected chi connectivity index (χ3v) is 4.52. The monoisotopic (exact) mass is 377 g/mol. The standard InChI is InChI=1S/C18H23N3O4S/c1-21(2)17-11-10-15(26(19,23)24)13-16(17)20-18(22)9-6-12-25-14-7-4-3-5-8-14/h3-5,7-8,10-11,13H,6,9,12H2,1-2H3,(H,20,22)(H2,19,23,24). The van der Waals surface area contributed by atoms with E-state index < -0.39 is 10.0 Å². The molecule has 1 amide bonds. The van der Waals surface area contributed by atoms with Crippen LogP contribution in [0.25, 0.3) is 0 Å². The molecule has 0 aliphatic heterocycles. The summed E-state index contributed by atoms with van der Waals surface area (Å²) in [5, 5.41) is 7.91. The van der Waals surface area contributed by atoms with E-state index in [4.69, 9.17) is 9.88 Å². The molecule has 0 radical (unpaired) electrons. The second-order valence-electron chi connectivity index (χ2n) is 5.93. The number of amides is 1. The number of sulfonamides is 1. The summed E-state index contributed by atoms with van der Waals surface area (Å²) in [6.45, 7) is 0.412. The first-order valence-corrected chi connectivity index (χ1v) is 9.64. The van der Waals surface area contributed by atoms with Gasteiger partial charge in [0.2, 0.25) is 15.9 Å². The highest BCUT2D eigenvalue weighted by Crippen LogP contribution is 2.27. The van der Waals surface area contributed by atoms with Gasteiger partial charge in [-0.15, -0.1) is 0 Å². The fraction of sp³-hybridized carbons (Fsp3) is 0.278. The Balaban J connectivity index is 1.96. The van der Waals surface area contributed by atoms with E-state index in [2.05, 4.69) is 5.32 Å². The van der Waals surface area contributed by atoms with Crippen molar-refractivity contribution >= 4 is 27.3 Å². The Bertz CT molecular complexity index is 852. The lowest BCUT2D eigenvalue weighted by atomic mass is 10.2. The number of rotatable bonds is 8. The van der Waals surface area contributed by atoms with Crippen LogP contribution in [0.2, 0.25) is 0 Å². The molecule has 140 valence electrons. The molecule has 7 nitrogen and oxygen atoms in total. The van der Waals surface area contributed by atoms with Crippen molar-refractivity contribution in [1.82, 2.24) is 0 Å². The molecule has 0 saturated carbocycles. The molecule has 0 heterocycles. The highest BCUT2D eigenvalue weighted by molar-refractivity contribution is 7.89. The number of anilines is 2. The SMILES string of the molecule is CN(C)c1ccc(S(N)(=O)=O)cc1NC(=O)CCCOc1ccccc1. The molecule has 0 aliphatic carbocycles. The summed E-state index contributed by atoms with van der Waals surface area (Å²) >= 11 is 0. The van der Waals surface area contributed by atoms with Crippen molar-refractivity contribution in [2.24, 2.45) is 5.14 Å². The number of hydrogen-bond donors (Lipinski definition) is 2. The summed E-state index contributed by atoms with van der Waals surface area (Å²) < 4.78 is 28.6. The first-order chi connectivity index (χ1) is 12.3. The van der Waals surface area contributed by atoms with Crippen molar-refractivity contribution in [1.29, 1.82) is 0 Å². The Morgan fingerprint density at radius 3 is 2.46 bits per heavy atom. The second kappa shape index (κ2) is 8.68. The van der Waals surface area contributed by atoms with Crippen molar-refractivity contribution in [3.05, 3.63) is 48.5 Å². The Morgan fingerprint density at radius 2 is 1.85 bits per heavy atom. The topological polar surface area (TPSA) is 102 Å². The molecule has 3 N–H and O–H groups in total. The van der Waals surface area contributed by atoms with E-state index in [0.29, 0.717) is 24.4 Å². The van der Waals surface area contributed by atoms with Gasteiger partial charge in [0.25, 0.3) is 0 Å². The van der Waals surface area contributed by atoms with Crippen LogP contribution in [-0.4, -0.2) is 35.0 Å². The summed E-state index contributed by atoms with van der Waals surface area (Å²) in [5.41, 5.74) is 1.08. The maximum Gasteiger partial charge on any atom is 0.238 e. The minimum Gasteiger partial charge on any atom is -0.494 e. The number of nitrogens with two attached hydrogens (primary N) is 1. The molecule has 0 aliphatic rings. The third-order valence-electron chi connectivity index (χ3n) is 3.61. The number of nitrogens with one attached hydrogen (secondary N) is 1. The van der Waals surface area contributed by atoms with Gasteiger partial charge in [-0.25, -0.2) is 13.6 Å². The fourth-order valence-electron chi connectivity index (χ4n) is 2.33. The number of ether oxygens (including phenoxy) is 1. The molecule has 8 heteroatoms. The average molecular weight is 377 g/mol. The van der Waals surface area contributed by atoms with Crippen molar-refractivity contribution in [2.75, 3.05) is 30.9 Å². The molecular formula is C18H23N3O4S. The Morgan fingerprint density at radius 1 is 1.15 bits per heavy atom. The number of carbonyl (C=O) groups excluding carboxylic acids is 1. The van der Waals surface area contributed by atoms with Crippen LogP contribution in [0.3, 0.4) is 0 Å². The van der Waals surface area contributed by atoms with Crippen LogP contribution in [-0.2, 0) is 14.8 Å². The van der Waals surface area contributed by atoms with E-state index in [1.54, 1.807) is 25.1 Å². The van der Waals surface area contributed by atoms with E-state index >= 15 is 0 Å². The average Bonchev–Trinajstić information content (AvgIpc) is 2.58. The zero-order chi connectivity index (χ0) is 19.2. The van der Waals surface area contributed by atoms with Crippen LogP contribution in [0.1, 0.15) is 12.8 Å². The van der Waals surface area contributed by atoms with Crippen molar-refractivity contribution in [3.8, 4) is 5.75 Å². The zero-order valence-electron chi connectivity index (χ0n) is 14.8. The summed E-state index contributed by atoms with van der Waals surface area (Å²) in [6, 6.07) is 13.7. The maximum absolute atomic E-state index is 12.2. The smallest absolute Gasteiger partial charge is 0.238 e. The van der Waals surface area contributed by atoms with Gasteiger partial charge in [0.1, 0.15) is 5.75 Å². The van der Waals surface area contributed by atoms with Gasteiger partial charge < -0.3 is 15.0 Å². The fourth-order valence-corrected chi connectivity index (χ4v) is 2.87. The number of carbonyl (C=O) groups is 1. The number of para-hydroxylation sites is 1. The van der Waals surface area contributed by atoms with Crippen LogP contribution in [0, 0.1) is 0 Å². The molecule has 0 spiro atoms. The molecule has 0 bridgehead atoms. The minimum atomic E-state index is -3.84. The lowest BCUT2D eigenvalue weighted by Crippen LogP contribution is -2.19. The molecule has 0 fully saturated rings. The molecule has 0 unspecified atom stereocenters. The first-order valence-electron chi connectivity index (χ1n) is 8.09. The summed E-state index contributed by atoms with van der Waals surface area (Å²) in [6.07, 6.45) is 0.784. The van der Waals surface area contributed by atoms with Gasteiger partial charge >= 0.3 is 0 Å². The quantitative estimate of drug-likeness (QED) is 0.687. The molecule has 0 saturated heterocycles. The number of nitrogens with zero attached hydrogens (tertiary/aromatic N) is 1. The van der Waals surface area contributed by atoms with Crippen molar-refractivity contribution in [2.45, 2.75) is 17.7 Å². The van der Waals surface area contributed by atoms with Crippen LogP contribution < -0.4 is 20.1 Å². The lowest BCUT2D eigenvalue weighted by molar-refractivity contribution is -0.116. The van der Waals surface area contributed by atoms with Gasteiger partial charge in [-0.05, 0) is 36.8 Å². The van der Waals surface area contributed by atoms with Gasteiger partial charge in [0.15, 0.2) is 0 Å². The lowest BCUT2D eigenvalue weighted by Gasteiger charge is -2.18. The number of primary sulfonamides is 1. The predicted molar refractivity (Wildman–Crippen MR) is 102 cm³/mol. The predicted octanol–water partition coefficient (Wildman–Crippen LogP) is 2.20. The van der Waals surface area contributed by atoms with Crippen LogP contribution in [0.15, 0.2) is 53.4 Å². The van der Waals surface area contributed by atoms with Crippen LogP contribution >= 0.6 is 0 Å². The first kappa shape index (κ1) is 19.7. The normalized spacial score (nSPS) is 11.0. The summed E-state index contributed by atoms with van der Waals surface area (Å²) in [5.74, 6) is 0.528. The molecule has 26 heavy (non-hydrogen) atoms.